The molecule has 0 radical (unpaired) electrons. The predicted molar refractivity (Wildman–Crippen MR) is 222 cm³/mol. The minimum Gasteiger partial charge on any atom is -0.394 e. The highest BCUT2D eigenvalue weighted by Gasteiger charge is 2.66. The van der Waals surface area contributed by atoms with Crippen molar-refractivity contribution >= 4 is 12.4 Å². The number of hydrogen-bond acceptors (Lipinski definition) is 16. The average Bonchev–Trinajstić information content (AvgIpc) is 3.71. The van der Waals surface area contributed by atoms with Gasteiger partial charge in [-0.2, -0.15) is 0 Å². The average molecular weight is 905 g/mol. The summed E-state index contributed by atoms with van der Waals surface area (Å²) in [5, 5.41) is 96.5. The summed E-state index contributed by atoms with van der Waals surface area (Å²) in [7, 11) is 0. The molecule has 5 saturated heterocycles. The topological polar surface area (TPSA) is 241 Å². The summed E-state index contributed by atoms with van der Waals surface area (Å²) in [6.45, 7) is 11.4. The Labute approximate surface area is 371 Å². The summed E-state index contributed by atoms with van der Waals surface area (Å²) >= 11 is 0. The second-order valence-electron chi connectivity index (χ2n) is 21.2. The van der Waals surface area contributed by atoms with Gasteiger partial charge in [0.15, 0.2) is 18.9 Å². The Balaban J connectivity index is 0.00000529. The summed E-state index contributed by atoms with van der Waals surface area (Å²) in [5.74, 6) is 4.26. The zero-order valence-electron chi connectivity index (χ0n) is 36.7. The van der Waals surface area contributed by atoms with Gasteiger partial charge in [-0.05, 0) is 111 Å². The van der Waals surface area contributed by atoms with Crippen LogP contribution >= 0.6 is 12.4 Å². The SMILES string of the molecule is CC1CCC2C(C)C3C(CC4C5CC=C6CC(OC7OC(CO)C(O)C(OC8OC(CO)C(O)C(O)C8OC8OC(C)C(O)C(O)C8O)C7O)CCC6(C)C5CCC43C)N2C1.Cl. The summed E-state index contributed by atoms with van der Waals surface area (Å²) in [5.41, 5.74) is 1.80. The van der Waals surface area contributed by atoms with Crippen LogP contribution in [0.4, 0.5) is 0 Å². The highest BCUT2D eigenvalue weighted by molar-refractivity contribution is 5.85. The van der Waals surface area contributed by atoms with Gasteiger partial charge < -0.3 is 74.4 Å². The molecule has 0 aromatic heterocycles. The quantitative estimate of drug-likeness (QED) is 0.152. The largest absolute Gasteiger partial charge is 0.394 e. The molecule has 62 heavy (non-hydrogen) atoms. The van der Waals surface area contributed by atoms with Gasteiger partial charge in [0.25, 0.3) is 0 Å². The fourth-order valence-corrected chi connectivity index (χ4v) is 14.7. The lowest BCUT2D eigenvalue weighted by molar-refractivity contribution is -0.389. The van der Waals surface area contributed by atoms with Crippen molar-refractivity contribution in [3.63, 3.8) is 0 Å². The number of nitrogens with zero attached hydrogens (tertiary/aromatic N) is 1. The lowest BCUT2D eigenvalue weighted by atomic mass is 9.47. The van der Waals surface area contributed by atoms with Crippen LogP contribution in [0.15, 0.2) is 11.6 Å². The molecule has 9 aliphatic rings. The minimum absolute atomic E-state index is 0. The highest BCUT2D eigenvalue weighted by Crippen LogP contribution is 2.70. The van der Waals surface area contributed by atoms with Gasteiger partial charge in [0.05, 0.1) is 25.4 Å². The number of allylic oxidation sites excluding steroid dienone is 1. The van der Waals surface area contributed by atoms with E-state index in [9.17, 15) is 46.0 Å². The number of aliphatic hydroxyl groups excluding tert-OH is 9. The highest BCUT2D eigenvalue weighted by atomic mass is 35.5. The third kappa shape index (κ3) is 7.77. The Bertz CT molecular complexity index is 1600. The van der Waals surface area contributed by atoms with Crippen molar-refractivity contribution in [1.82, 2.24) is 4.90 Å². The van der Waals surface area contributed by atoms with E-state index < -0.39 is 105 Å². The molecule has 9 N–H and O–H groups in total. The van der Waals surface area contributed by atoms with Gasteiger partial charge in [0.2, 0.25) is 0 Å². The van der Waals surface area contributed by atoms with Crippen molar-refractivity contribution in [2.24, 2.45) is 46.3 Å². The number of piperidine rings is 1. The van der Waals surface area contributed by atoms with Crippen LogP contribution in [-0.4, -0.2) is 181 Å². The third-order valence-corrected chi connectivity index (χ3v) is 18.0. The van der Waals surface area contributed by atoms with E-state index in [1.54, 1.807) is 0 Å². The molecular weight excluding hydrogens is 830 g/mol. The summed E-state index contributed by atoms with van der Waals surface area (Å²) in [6, 6.07) is 1.45. The monoisotopic (exact) mass is 903 g/mol. The number of ether oxygens (including phenoxy) is 6. The minimum atomic E-state index is -1.80. The second-order valence-corrected chi connectivity index (χ2v) is 21.2. The molecule has 5 heterocycles. The molecule has 26 atom stereocenters. The van der Waals surface area contributed by atoms with E-state index in [1.807, 2.05) is 0 Å². The number of aliphatic hydroxyl groups is 9. The van der Waals surface area contributed by atoms with Crippen LogP contribution < -0.4 is 0 Å². The molecule has 356 valence electrons. The summed E-state index contributed by atoms with van der Waals surface area (Å²) in [4.78, 5) is 2.94. The van der Waals surface area contributed by atoms with Crippen LogP contribution in [0.3, 0.4) is 0 Å². The maximum Gasteiger partial charge on any atom is 0.187 e. The Kier molecular flexibility index (Phi) is 14.0. The molecule has 0 spiro atoms. The molecule has 17 heteroatoms. The molecule has 9 rings (SSSR count). The van der Waals surface area contributed by atoms with Gasteiger partial charge >= 0.3 is 0 Å². The molecule has 0 aromatic rings. The van der Waals surface area contributed by atoms with Crippen LogP contribution in [0.1, 0.15) is 92.4 Å². The van der Waals surface area contributed by atoms with Crippen molar-refractivity contribution in [2.45, 2.75) is 203 Å². The predicted octanol–water partition coefficient (Wildman–Crippen LogP) is 0.577. The van der Waals surface area contributed by atoms with Crippen LogP contribution in [0.5, 0.6) is 0 Å². The van der Waals surface area contributed by atoms with E-state index in [2.05, 4.69) is 38.7 Å². The first-order chi connectivity index (χ1) is 29.0. The molecule has 0 aromatic carbocycles. The fraction of sp³-hybridized carbons (Fsp3) is 0.956. The molecule has 4 aliphatic carbocycles. The number of hydrogen-bond donors (Lipinski definition) is 9. The Hall–Kier alpha value is -0.610. The van der Waals surface area contributed by atoms with Crippen molar-refractivity contribution in [3.05, 3.63) is 11.6 Å². The molecule has 0 bridgehead atoms. The molecule has 8 fully saturated rings. The second kappa shape index (κ2) is 18.1. The first kappa shape index (κ1) is 47.9. The van der Waals surface area contributed by atoms with Crippen LogP contribution in [0.25, 0.3) is 0 Å². The number of halogens is 1. The van der Waals surface area contributed by atoms with E-state index in [4.69, 9.17) is 28.4 Å². The smallest absolute Gasteiger partial charge is 0.187 e. The zero-order chi connectivity index (χ0) is 43.4. The molecular formula is C45H74ClNO15. The van der Waals surface area contributed by atoms with Gasteiger partial charge in [0, 0.05) is 18.6 Å². The Morgan fingerprint density at radius 3 is 2.08 bits per heavy atom. The Morgan fingerprint density at radius 2 is 1.35 bits per heavy atom. The Morgan fingerprint density at radius 1 is 0.677 bits per heavy atom. The van der Waals surface area contributed by atoms with E-state index in [0.29, 0.717) is 35.6 Å². The van der Waals surface area contributed by atoms with E-state index >= 15 is 0 Å². The molecule has 16 nitrogen and oxygen atoms in total. The third-order valence-electron chi connectivity index (χ3n) is 18.0. The van der Waals surface area contributed by atoms with Gasteiger partial charge in [0.1, 0.15) is 67.1 Å². The van der Waals surface area contributed by atoms with Crippen molar-refractivity contribution < 1.29 is 74.4 Å². The molecule has 0 amide bonds. The molecule has 26 unspecified atom stereocenters. The van der Waals surface area contributed by atoms with Gasteiger partial charge in [-0.1, -0.05) is 39.3 Å². The normalized spacial score (nSPS) is 56.4. The fourth-order valence-electron chi connectivity index (χ4n) is 14.7. The number of fused-ring (bicyclic) bond motifs is 9. The summed E-state index contributed by atoms with van der Waals surface area (Å²) < 4.78 is 35.8. The van der Waals surface area contributed by atoms with Gasteiger partial charge in [-0.25, -0.2) is 0 Å². The van der Waals surface area contributed by atoms with Gasteiger partial charge in [-0.3, -0.25) is 4.90 Å². The first-order valence-electron chi connectivity index (χ1n) is 23.4. The maximum atomic E-state index is 11.8. The van der Waals surface area contributed by atoms with E-state index in [0.717, 1.165) is 43.1 Å². The number of rotatable bonds is 8. The molecule has 5 aliphatic heterocycles. The lowest BCUT2D eigenvalue weighted by Crippen LogP contribution is -2.67. The summed E-state index contributed by atoms with van der Waals surface area (Å²) in [6.07, 6.45) is -11.0. The first-order valence-corrected chi connectivity index (χ1v) is 23.4. The van der Waals surface area contributed by atoms with Crippen molar-refractivity contribution in [1.29, 1.82) is 0 Å². The van der Waals surface area contributed by atoms with Gasteiger partial charge in [-0.15, -0.1) is 12.4 Å². The maximum absolute atomic E-state index is 11.8. The van der Waals surface area contributed by atoms with Crippen LogP contribution in [-0.2, 0) is 28.4 Å². The molecule has 3 saturated carbocycles. The van der Waals surface area contributed by atoms with E-state index in [1.165, 1.54) is 51.1 Å². The van der Waals surface area contributed by atoms with Crippen LogP contribution in [0, 0.1) is 46.3 Å². The zero-order valence-corrected chi connectivity index (χ0v) is 37.6. The van der Waals surface area contributed by atoms with Crippen LogP contribution in [0.2, 0.25) is 0 Å². The van der Waals surface area contributed by atoms with Crippen molar-refractivity contribution in [2.75, 3.05) is 19.8 Å². The standard InChI is InChI=1S/C45H73NO15.ClH/c1-19-6-9-27-20(2)31-28(46(27)16-19)15-26-24-8-7-22-14-23(10-12-44(22,4)25(24)11-13-45(26,31)5)57-42-38(55)39(34(51)30(18-48)58-42)60-43-40(36(53)33(50)29(17-47)59-43)61-41-37(54)35(52)32(49)21(3)56-41;/h7,19-21,23-43,47-55H,6,8-18H2,1-5H3;1H. The van der Waals surface area contributed by atoms with E-state index in [-0.39, 0.29) is 23.9 Å². The lowest BCUT2D eigenvalue weighted by Gasteiger charge is -2.58. The van der Waals surface area contributed by atoms with Crippen molar-refractivity contribution in [3.8, 4) is 0 Å².